The van der Waals surface area contributed by atoms with Crippen LogP contribution in [0, 0.1) is 6.92 Å². The predicted molar refractivity (Wildman–Crippen MR) is 104 cm³/mol. The summed E-state index contributed by atoms with van der Waals surface area (Å²) >= 11 is 1.70. The molecule has 1 saturated heterocycles. The zero-order valence-corrected chi connectivity index (χ0v) is 15.5. The molecule has 1 fully saturated rings. The van der Waals surface area contributed by atoms with E-state index in [0.717, 1.165) is 31.7 Å². The van der Waals surface area contributed by atoms with Crippen LogP contribution in [0.5, 0.6) is 0 Å². The molecule has 0 atom stereocenters. The van der Waals surface area contributed by atoms with Gasteiger partial charge in [-0.2, -0.15) is 5.10 Å². The van der Waals surface area contributed by atoms with Crippen molar-refractivity contribution in [2.24, 2.45) is 0 Å². The maximum atomic E-state index is 12.9. The summed E-state index contributed by atoms with van der Waals surface area (Å²) in [6.45, 7) is 4.64. The Morgan fingerprint density at radius 2 is 2.08 bits per heavy atom. The fourth-order valence-corrected chi connectivity index (χ4v) is 4.09. The molecule has 1 N–H and O–H groups in total. The topological polar surface area (TPSA) is 63.1 Å². The maximum Gasteiger partial charge on any atom is 0.260 e. The monoisotopic (exact) mass is 367 g/mol. The van der Waals surface area contributed by atoms with E-state index in [1.54, 1.807) is 29.8 Å². The molecule has 1 aliphatic heterocycles. The molecule has 0 bridgehead atoms. The molecule has 6 nitrogen and oxygen atoms in total. The Bertz CT molecular complexity index is 910. The normalized spacial score (nSPS) is 14.0. The molecule has 4 heterocycles. The number of rotatable bonds is 5. The van der Waals surface area contributed by atoms with E-state index in [1.165, 1.54) is 10.4 Å². The van der Waals surface area contributed by atoms with E-state index in [9.17, 15) is 4.79 Å². The van der Waals surface area contributed by atoms with E-state index in [4.69, 9.17) is 0 Å². The first-order chi connectivity index (χ1) is 12.7. The zero-order chi connectivity index (χ0) is 17.9. The molecule has 0 aliphatic carbocycles. The first kappa shape index (κ1) is 16.8. The minimum Gasteiger partial charge on any atom is -0.356 e. The van der Waals surface area contributed by atoms with Crippen molar-refractivity contribution in [1.29, 1.82) is 0 Å². The molecule has 0 unspecified atom stereocenters. The fraction of sp³-hybridized carbons (Fsp3) is 0.316. The molecular formula is C19H21N5OS. The third-order valence-electron chi connectivity index (χ3n) is 4.66. The zero-order valence-electron chi connectivity index (χ0n) is 14.7. The van der Waals surface area contributed by atoms with Crippen molar-refractivity contribution in [2.45, 2.75) is 26.3 Å². The van der Waals surface area contributed by atoms with Gasteiger partial charge in [-0.1, -0.05) is 0 Å². The lowest BCUT2D eigenvalue weighted by Gasteiger charge is -2.19. The second-order valence-corrected chi connectivity index (χ2v) is 7.42. The second-order valence-electron chi connectivity index (χ2n) is 6.42. The van der Waals surface area contributed by atoms with Crippen molar-refractivity contribution >= 4 is 28.9 Å². The minimum atomic E-state index is -0.148. The van der Waals surface area contributed by atoms with Crippen LogP contribution in [0.25, 0.3) is 0 Å². The van der Waals surface area contributed by atoms with E-state index >= 15 is 0 Å². The average molecular weight is 367 g/mol. The number of nitrogens with one attached hydrogen (secondary N) is 1. The number of aryl methyl sites for hydroxylation is 1. The van der Waals surface area contributed by atoms with Crippen LogP contribution >= 0.6 is 11.3 Å². The summed E-state index contributed by atoms with van der Waals surface area (Å²) in [4.78, 5) is 20.8. The SMILES string of the molecule is Cc1ccsc1Cn1nccc1NC(=O)c1cccnc1N1CCCC1. The lowest BCUT2D eigenvalue weighted by atomic mass is 10.2. The summed E-state index contributed by atoms with van der Waals surface area (Å²) in [6, 6.07) is 7.56. The van der Waals surface area contributed by atoms with Crippen molar-refractivity contribution < 1.29 is 4.79 Å². The third kappa shape index (κ3) is 3.35. The second kappa shape index (κ2) is 7.29. The highest BCUT2D eigenvalue weighted by atomic mass is 32.1. The number of amides is 1. The fourth-order valence-electron chi connectivity index (χ4n) is 3.21. The first-order valence-corrected chi connectivity index (χ1v) is 9.66. The Hall–Kier alpha value is -2.67. The van der Waals surface area contributed by atoms with Crippen LogP contribution in [0.3, 0.4) is 0 Å². The van der Waals surface area contributed by atoms with Gasteiger partial charge in [-0.05, 0) is 48.9 Å². The predicted octanol–water partition coefficient (Wildman–Crippen LogP) is 3.55. The van der Waals surface area contributed by atoms with Gasteiger partial charge >= 0.3 is 0 Å². The Balaban J connectivity index is 1.55. The minimum absolute atomic E-state index is 0.148. The van der Waals surface area contributed by atoms with Gasteiger partial charge < -0.3 is 10.2 Å². The molecule has 134 valence electrons. The summed E-state index contributed by atoms with van der Waals surface area (Å²) in [6.07, 6.45) is 5.74. The van der Waals surface area contributed by atoms with Crippen LogP contribution in [0.15, 0.2) is 42.0 Å². The number of carbonyl (C=O) groups excluding carboxylic acids is 1. The number of nitrogens with zero attached hydrogens (tertiary/aromatic N) is 4. The van der Waals surface area contributed by atoms with E-state index in [1.807, 2.05) is 16.8 Å². The third-order valence-corrected chi connectivity index (χ3v) is 5.66. The average Bonchev–Trinajstić information content (AvgIpc) is 3.40. The summed E-state index contributed by atoms with van der Waals surface area (Å²) in [5, 5.41) is 9.44. The van der Waals surface area contributed by atoms with E-state index in [0.29, 0.717) is 17.9 Å². The van der Waals surface area contributed by atoms with Crippen molar-refractivity contribution in [1.82, 2.24) is 14.8 Å². The van der Waals surface area contributed by atoms with Crippen LogP contribution < -0.4 is 10.2 Å². The van der Waals surface area contributed by atoms with Gasteiger partial charge in [0.25, 0.3) is 5.91 Å². The molecule has 26 heavy (non-hydrogen) atoms. The Kier molecular flexibility index (Phi) is 4.71. The van der Waals surface area contributed by atoms with Gasteiger partial charge in [0.1, 0.15) is 11.6 Å². The van der Waals surface area contributed by atoms with E-state index < -0.39 is 0 Å². The molecule has 1 aliphatic rings. The van der Waals surface area contributed by atoms with Gasteiger partial charge in [-0.3, -0.25) is 4.79 Å². The molecule has 0 spiro atoms. The Labute approximate surface area is 156 Å². The van der Waals surface area contributed by atoms with Gasteiger partial charge in [-0.15, -0.1) is 11.3 Å². The van der Waals surface area contributed by atoms with Crippen LogP contribution in [0.1, 0.15) is 33.6 Å². The van der Waals surface area contributed by atoms with Crippen molar-refractivity contribution in [3.63, 3.8) is 0 Å². The molecule has 0 aromatic carbocycles. The standard InChI is InChI=1S/C19H21N5OS/c1-14-7-12-26-16(14)13-24-17(6-9-21-24)22-19(25)15-5-4-8-20-18(15)23-10-2-3-11-23/h4-9,12H,2-3,10-11,13H2,1H3,(H,22,25). The number of anilines is 2. The van der Waals surface area contributed by atoms with Crippen LogP contribution in [0.4, 0.5) is 11.6 Å². The van der Waals surface area contributed by atoms with E-state index in [-0.39, 0.29) is 5.91 Å². The number of hydrogen-bond donors (Lipinski definition) is 1. The van der Waals surface area contributed by atoms with Gasteiger partial charge in [0.05, 0.1) is 18.3 Å². The maximum absolute atomic E-state index is 12.9. The lowest BCUT2D eigenvalue weighted by Crippen LogP contribution is -2.24. The molecule has 0 radical (unpaired) electrons. The molecular weight excluding hydrogens is 346 g/mol. The van der Waals surface area contributed by atoms with Crippen molar-refractivity contribution in [3.8, 4) is 0 Å². The number of carbonyl (C=O) groups is 1. The molecule has 3 aromatic rings. The summed E-state index contributed by atoms with van der Waals surface area (Å²) in [5.41, 5.74) is 1.85. The molecule has 7 heteroatoms. The van der Waals surface area contributed by atoms with Gasteiger partial charge in [-0.25, -0.2) is 9.67 Å². The van der Waals surface area contributed by atoms with E-state index in [2.05, 4.69) is 38.7 Å². The molecule has 0 saturated carbocycles. The molecule has 1 amide bonds. The highest BCUT2D eigenvalue weighted by Crippen LogP contribution is 2.23. The first-order valence-electron chi connectivity index (χ1n) is 8.78. The lowest BCUT2D eigenvalue weighted by molar-refractivity contribution is 0.102. The summed E-state index contributed by atoms with van der Waals surface area (Å²) in [7, 11) is 0. The largest absolute Gasteiger partial charge is 0.356 e. The highest BCUT2D eigenvalue weighted by molar-refractivity contribution is 7.10. The number of thiophene rings is 1. The number of aromatic nitrogens is 3. The molecule has 3 aromatic heterocycles. The van der Waals surface area contributed by atoms with Crippen LogP contribution in [-0.4, -0.2) is 33.8 Å². The number of pyridine rings is 1. The molecule has 4 rings (SSSR count). The smallest absolute Gasteiger partial charge is 0.260 e. The van der Waals surface area contributed by atoms with Gasteiger partial charge in [0, 0.05) is 30.2 Å². The highest BCUT2D eigenvalue weighted by Gasteiger charge is 2.21. The summed E-state index contributed by atoms with van der Waals surface area (Å²) in [5.74, 6) is 1.31. The quantitative estimate of drug-likeness (QED) is 0.749. The van der Waals surface area contributed by atoms with Crippen molar-refractivity contribution in [2.75, 3.05) is 23.3 Å². The van der Waals surface area contributed by atoms with Gasteiger partial charge in [0.2, 0.25) is 0 Å². The Morgan fingerprint density at radius 3 is 2.85 bits per heavy atom. The van der Waals surface area contributed by atoms with Crippen molar-refractivity contribution in [3.05, 3.63) is 58.0 Å². The summed E-state index contributed by atoms with van der Waals surface area (Å²) < 4.78 is 1.82. The number of hydrogen-bond acceptors (Lipinski definition) is 5. The van der Waals surface area contributed by atoms with Gasteiger partial charge in [0.15, 0.2) is 0 Å². The van der Waals surface area contributed by atoms with Crippen LogP contribution in [-0.2, 0) is 6.54 Å². The van der Waals surface area contributed by atoms with Crippen LogP contribution in [0.2, 0.25) is 0 Å². The Morgan fingerprint density at radius 1 is 1.23 bits per heavy atom.